The Hall–Kier alpha value is 0.260. The first kappa shape index (κ1) is 5.40. The Morgan fingerprint density at radius 1 is 1.86 bits per heavy atom. The smallest absolute Gasteiger partial charge is 0.157 e. The molecule has 3 N–H and O–H groups in total. The van der Waals surface area contributed by atoms with E-state index in [4.69, 9.17) is 5.84 Å². The van der Waals surface area contributed by atoms with Gasteiger partial charge in [0.05, 0.1) is 0 Å². The third-order valence-corrected chi connectivity index (χ3v) is 3.06. The Morgan fingerprint density at radius 2 is 2.71 bits per heavy atom. The zero-order valence-electron chi connectivity index (χ0n) is 3.42. The average Bonchev–Trinajstić information content (AvgIpc) is 1.69. The molecule has 0 aliphatic rings. The number of nitrogens with one attached hydrogen (secondary N) is 1. The summed E-state index contributed by atoms with van der Waals surface area (Å²) in [5.74, 6) is 5.32. The third-order valence-electron chi connectivity index (χ3n) is 0.417. The molecule has 0 saturated heterocycles. The number of rotatable bonds is 0. The predicted octanol–water partition coefficient (Wildman–Crippen LogP) is 0.692. The number of nitrogens with two attached hydrogens (primary N) is 1. The zero-order chi connectivity index (χ0) is 5.11. The molecule has 7 heteroatoms. The minimum absolute atomic E-state index is 0.541. The maximum absolute atomic E-state index is 5.32. The van der Waals surface area contributed by atoms with Gasteiger partial charge in [-0.25, -0.2) is 10.0 Å². The predicted molar refractivity (Wildman–Crippen MR) is 35.9 cm³/mol. The van der Waals surface area contributed by atoms with Crippen molar-refractivity contribution >= 4 is 25.5 Å². The van der Waals surface area contributed by atoms with Crippen LogP contribution < -0.4 is 5.84 Å². The molecule has 1 rings (SSSR count). The summed E-state index contributed by atoms with van der Waals surface area (Å²) in [7, 11) is 1.98. The Labute approximate surface area is 45.5 Å². The van der Waals surface area contributed by atoms with Crippen LogP contribution in [0.3, 0.4) is 0 Å². The molecule has 1 heterocycles. The van der Waals surface area contributed by atoms with Crippen LogP contribution in [0.5, 0.6) is 0 Å². The summed E-state index contributed by atoms with van der Waals surface area (Å²) in [6, 6.07) is 0. The molecule has 40 valence electrons. The molecule has 1 aromatic rings. The fourth-order valence-corrected chi connectivity index (χ4v) is 3.10. The van der Waals surface area contributed by atoms with Crippen LogP contribution in [-0.2, 0) is 0 Å². The number of nitrogens with zero attached hydrogens (tertiary/aromatic N) is 2. The van der Waals surface area contributed by atoms with E-state index in [1.807, 2.05) is 0 Å². The van der Waals surface area contributed by atoms with Gasteiger partial charge in [0.1, 0.15) is 0 Å². The maximum Gasteiger partial charge on any atom is 0.157 e. The van der Waals surface area contributed by atoms with Crippen LogP contribution in [0.25, 0.3) is 0 Å². The van der Waals surface area contributed by atoms with Crippen molar-refractivity contribution in [2.24, 2.45) is 0 Å². The monoisotopic (exact) mass is 154 g/mol. The number of aromatic nitrogens is 3. The molecular formula is H5N4P3. The summed E-state index contributed by atoms with van der Waals surface area (Å²) in [5, 5.41) is 0. The van der Waals surface area contributed by atoms with Crippen LogP contribution in [0.4, 0.5) is 0 Å². The quantitative estimate of drug-likeness (QED) is 0.540. The van der Waals surface area contributed by atoms with Crippen LogP contribution in [-0.4, -0.2) is 13.2 Å². The number of aromatic amines is 1. The first-order valence-corrected chi connectivity index (χ1v) is 4.30. The average molecular weight is 154 g/mol. The molecule has 0 saturated carbocycles. The summed E-state index contributed by atoms with van der Waals surface area (Å²) in [4.78, 5) is 0. The van der Waals surface area contributed by atoms with Crippen molar-refractivity contribution in [1.82, 2.24) is 13.2 Å². The molecule has 0 amide bonds. The molecule has 2 unspecified atom stereocenters. The molecule has 4 nitrogen and oxygen atoms in total. The molecule has 0 aliphatic carbocycles. The summed E-state index contributed by atoms with van der Waals surface area (Å²) >= 11 is 0. The number of hydrogen-bond donors (Lipinski definition) is 2. The highest BCUT2D eigenvalue weighted by Gasteiger charge is 1.68. The van der Waals surface area contributed by atoms with E-state index in [-0.39, 0.29) is 0 Å². The number of nitrogen functional groups attached to an aromatic ring is 1. The number of H-pyrrole nitrogens is 1. The van der Waals surface area contributed by atoms with E-state index in [0.29, 0.717) is 17.0 Å². The Bertz CT molecular complexity index is 137. The SMILES string of the molecule is Nn1pn[pH][nH][pH]1. The van der Waals surface area contributed by atoms with E-state index < -0.39 is 0 Å². The van der Waals surface area contributed by atoms with E-state index in [2.05, 4.69) is 9.02 Å². The molecule has 0 aliphatic heterocycles. The van der Waals surface area contributed by atoms with Gasteiger partial charge in [0.2, 0.25) is 0 Å². The van der Waals surface area contributed by atoms with Crippen molar-refractivity contribution < 1.29 is 0 Å². The van der Waals surface area contributed by atoms with Crippen molar-refractivity contribution in [1.29, 1.82) is 0 Å². The van der Waals surface area contributed by atoms with Gasteiger partial charge in [-0.1, -0.05) is 0 Å². The molecule has 0 aromatic carbocycles. The van der Waals surface area contributed by atoms with Gasteiger partial charge in [-0.2, -0.15) is 4.51 Å². The van der Waals surface area contributed by atoms with Crippen molar-refractivity contribution in [2.45, 2.75) is 0 Å². The van der Waals surface area contributed by atoms with Crippen molar-refractivity contribution in [3.05, 3.63) is 0 Å². The highest BCUT2D eigenvalue weighted by molar-refractivity contribution is 7.44. The Morgan fingerprint density at radius 3 is 3.00 bits per heavy atom. The van der Waals surface area contributed by atoms with Gasteiger partial charge in [0.25, 0.3) is 0 Å². The van der Waals surface area contributed by atoms with E-state index in [9.17, 15) is 0 Å². The first-order valence-electron chi connectivity index (χ1n) is 1.61. The number of hydrogen-bond acceptors (Lipinski definition) is 2. The standard InChI is InChI=1S/H5N4P3/c1-4-6-2-5-3-7-4/h2,5-6H,1H2. The third kappa shape index (κ3) is 1.67. The lowest BCUT2D eigenvalue weighted by Crippen LogP contribution is -1.97. The second-order valence-corrected chi connectivity index (χ2v) is 4.60. The molecular weight excluding hydrogens is 149 g/mol. The fraction of sp³-hybridized carbons (Fsp3) is 0. The summed E-state index contributed by atoms with van der Waals surface area (Å²) in [5.41, 5.74) is 0. The maximum atomic E-state index is 5.32. The Kier molecular flexibility index (Phi) is 1.96. The summed E-state index contributed by atoms with van der Waals surface area (Å²) < 4.78 is 8.59. The van der Waals surface area contributed by atoms with Crippen molar-refractivity contribution in [3.8, 4) is 0 Å². The van der Waals surface area contributed by atoms with Gasteiger partial charge in [-0.3, -0.25) is 0 Å². The van der Waals surface area contributed by atoms with E-state index in [1.165, 1.54) is 0 Å². The molecule has 0 fully saturated rings. The van der Waals surface area contributed by atoms with Gasteiger partial charge in [0.15, 0.2) is 8.51 Å². The second kappa shape index (κ2) is 2.54. The summed E-state index contributed by atoms with van der Waals surface area (Å²) in [6.07, 6.45) is 0. The van der Waals surface area contributed by atoms with Gasteiger partial charge < -0.3 is 4.51 Å². The first-order chi connectivity index (χ1) is 3.39. The lowest BCUT2D eigenvalue weighted by atomic mass is 13.0. The largest absolute Gasteiger partial charge is 0.312 e. The molecule has 0 bridgehead atoms. The molecule has 7 heavy (non-hydrogen) atoms. The second-order valence-electron chi connectivity index (χ2n) is 0.883. The molecule has 0 spiro atoms. The fourth-order valence-electron chi connectivity index (χ4n) is 0.200. The lowest BCUT2D eigenvalue weighted by molar-refractivity contribution is 1.27. The van der Waals surface area contributed by atoms with Crippen LogP contribution in [0.2, 0.25) is 0 Å². The lowest BCUT2D eigenvalue weighted by Gasteiger charge is -1.88. The van der Waals surface area contributed by atoms with E-state index >= 15 is 0 Å². The van der Waals surface area contributed by atoms with E-state index in [0.717, 1.165) is 8.51 Å². The molecule has 0 radical (unpaired) electrons. The normalized spacial score (nSPS) is 12.1. The van der Waals surface area contributed by atoms with Crippen LogP contribution >= 0.6 is 25.5 Å². The van der Waals surface area contributed by atoms with Gasteiger partial charge in [-0.05, 0) is 0 Å². The van der Waals surface area contributed by atoms with Gasteiger partial charge >= 0.3 is 0 Å². The van der Waals surface area contributed by atoms with Crippen LogP contribution in [0, 0.1) is 0 Å². The van der Waals surface area contributed by atoms with E-state index in [1.54, 1.807) is 4.20 Å². The highest BCUT2D eigenvalue weighted by Crippen LogP contribution is 2.05. The van der Waals surface area contributed by atoms with Gasteiger partial charge in [-0.15, -0.1) is 0 Å². The minimum Gasteiger partial charge on any atom is -0.312 e. The van der Waals surface area contributed by atoms with Crippen LogP contribution in [0.1, 0.15) is 0 Å². The topological polar surface area (TPSA) is 59.6 Å². The molecule has 2 atom stereocenters. The van der Waals surface area contributed by atoms with Crippen molar-refractivity contribution in [2.75, 3.05) is 5.84 Å². The highest BCUT2D eigenvalue weighted by atomic mass is 31.1. The minimum atomic E-state index is 0.541. The van der Waals surface area contributed by atoms with Gasteiger partial charge in [0, 0.05) is 17.0 Å². The molecule has 1 aromatic heterocycles. The summed E-state index contributed by atoms with van der Waals surface area (Å²) in [6.45, 7) is 0. The Balaban J connectivity index is 3.02. The van der Waals surface area contributed by atoms with Crippen LogP contribution in [0.15, 0.2) is 0 Å². The zero-order valence-corrected chi connectivity index (χ0v) is 6.31. The van der Waals surface area contributed by atoms with Crippen molar-refractivity contribution in [3.63, 3.8) is 0 Å².